The van der Waals surface area contributed by atoms with Crippen LogP contribution in [-0.4, -0.2) is 36.6 Å². The third-order valence-electron chi connectivity index (χ3n) is 2.11. The lowest BCUT2D eigenvalue weighted by molar-refractivity contribution is 0.148. The molecule has 1 N–H and O–H groups in total. The Labute approximate surface area is 105 Å². The Hall–Kier alpha value is -0.140. The zero-order valence-corrected chi connectivity index (χ0v) is 11.4. The molecular weight excluding hydrogens is 305 g/mol. The Kier molecular flexibility index (Phi) is 6.19. The molecule has 0 aliphatic heterocycles. The van der Waals surface area contributed by atoms with Crippen LogP contribution in [0.5, 0.6) is 0 Å². The zero-order chi connectivity index (χ0) is 11.1. The van der Waals surface area contributed by atoms with Crippen molar-refractivity contribution in [2.75, 3.05) is 26.8 Å². The van der Waals surface area contributed by atoms with Crippen LogP contribution in [0.3, 0.4) is 0 Å². The second-order valence-electron chi connectivity index (χ2n) is 3.45. The summed E-state index contributed by atoms with van der Waals surface area (Å²) in [4.78, 5) is 0. The SMILES string of the molecule is CCCNCC(COC)n1cc(I)cn1. The van der Waals surface area contributed by atoms with Gasteiger partial charge in [0.05, 0.1) is 22.4 Å². The van der Waals surface area contributed by atoms with Crippen molar-refractivity contribution in [1.29, 1.82) is 0 Å². The Balaban J connectivity index is 2.49. The van der Waals surface area contributed by atoms with E-state index in [9.17, 15) is 0 Å². The minimum atomic E-state index is 0.282. The van der Waals surface area contributed by atoms with Crippen LogP contribution in [0, 0.1) is 3.57 Å². The van der Waals surface area contributed by atoms with Crippen molar-refractivity contribution in [3.05, 3.63) is 16.0 Å². The fraction of sp³-hybridized carbons (Fsp3) is 0.700. The van der Waals surface area contributed by atoms with Gasteiger partial charge in [0.15, 0.2) is 0 Å². The first-order valence-corrected chi connectivity index (χ1v) is 6.25. The first kappa shape index (κ1) is 12.9. The summed E-state index contributed by atoms with van der Waals surface area (Å²) < 4.78 is 8.32. The summed E-state index contributed by atoms with van der Waals surface area (Å²) in [6.45, 7) is 4.79. The summed E-state index contributed by atoms with van der Waals surface area (Å²) in [7, 11) is 1.72. The van der Waals surface area contributed by atoms with E-state index in [1.807, 2.05) is 17.1 Å². The number of rotatable bonds is 7. The summed E-state index contributed by atoms with van der Waals surface area (Å²) in [5.41, 5.74) is 0. The van der Waals surface area contributed by atoms with Crippen LogP contribution in [0.1, 0.15) is 19.4 Å². The summed E-state index contributed by atoms with van der Waals surface area (Å²) in [5, 5.41) is 7.69. The molecule has 0 spiro atoms. The van der Waals surface area contributed by atoms with Crippen molar-refractivity contribution in [1.82, 2.24) is 15.1 Å². The molecule has 86 valence electrons. The molecule has 0 radical (unpaired) electrons. The minimum absolute atomic E-state index is 0.282. The van der Waals surface area contributed by atoms with Crippen molar-refractivity contribution < 1.29 is 4.74 Å². The maximum Gasteiger partial charge on any atom is 0.0876 e. The van der Waals surface area contributed by atoms with E-state index in [0.29, 0.717) is 6.61 Å². The van der Waals surface area contributed by atoms with Gasteiger partial charge in [-0.2, -0.15) is 5.10 Å². The summed E-state index contributed by atoms with van der Waals surface area (Å²) in [6, 6.07) is 0.282. The second-order valence-corrected chi connectivity index (χ2v) is 4.70. The molecule has 0 saturated carbocycles. The number of nitrogens with zero attached hydrogens (tertiary/aromatic N) is 2. The fourth-order valence-electron chi connectivity index (χ4n) is 1.38. The lowest BCUT2D eigenvalue weighted by atomic mass is 10.3. The van der Waals surface area contributed by atoms with Gasteiger partial charge in [0.1, 0.15) is 0 Å². The summed E-state index contributed by atoms with van der Waals surface area (Å²) >= 11 is 2.26. The number of aromatic nitrogens is 2. The van der Waals surface area contributed by atoms with E-state index in [4.69, 9.17) is 4.74 Å². The maximum atomic E-state index is 5.20. The molecule has 1 heterocycles. The van der Waals surface area contributed by atoms with E-state index in [0.717, 1.165) is 23.1 Å². The Morgan fingerprint density at radius 3 is 3.00 bits per heavy atom. The highest BCUT2D eigenvalue weighted by Gasteiger charge is 2.10. The molecule has 4 nitrogen and oxygen atoms in total. The fourth-order valence-corrected chi connectivity index (χ4v) is 1.79. The van der Waals surface area contributed by atoms with Gasteiger partial charge < -0.3 is 10.1 Å². The van der Waals surface area contributed by atoms with Gasteiger partial charge in [0, 0.05) is 19.9 Å². The first-order chi connectivity index (χ1) is 7.27. The summed E-state index contributed by atoms with van der Waals surface area (Å²) in [6.07, 6.45) is 5.05. The molecule has 0 fully saturated rings. The van der Waals surface area contributed by atoms with Gasteiger partial charge in [-0.1, -0.05) is 6.92 Å². The molecule has 0 aliphatic carbocycles. The van der Waals surface area contributed by atoms with Gasteiger partial charge in [-0.25, -0.2) is 0 Å². The topological polar surface area (TPSA) is 39.1 Å². The Morgan fingerprint density at radius 2 is 2.47 bits per heavy atom. The third kappa shape index (κ3) is 4.48. The van der Waals surface area contributed by atoms with Gasteiger partial charge in [0.25, 0.3) is 0 Å². The smallest absolute Gasteiger partial charge is 0.0876 e. The molecule has 0 saturated heterocycles. The molecule has 1 aromatic heterocycles. The van der Waals surface area contributed by atoms with Gasteiger partial charge in [-0.05, 0) is 35.6 Å². The zero-order valence-electron chi connectivity index (χ0n) is 9.24. The lowest BCUT2D eigenvalue weighted by Crippen LogP contribution is -2.29. The second kappa shape index (κ2) is 7.19. The van der Waals surface area contributed by atoms with E-state index in [-0.39, 0.29) is 6.04 Å². The molecule has 1 aromatic rings. The van der Waals surface area contributed by atoms with Gasteiger partial charge >= 0.3 is 0 Å². The Bertz CT molecular complexity index is 277. The van der Waals surface area contributed by atoms with Crippen LogP contribution in [0.15, 0.2) is 12.4 Å². The molecule has 1 unspecified atom stereocenters. The number of nitrogens with one attached hydrogen (secondary N) is 1. The third-order valence-corrected chi connectivity index (χ3v) is 2.67. The molecule has 15 heavy (non-hydrogen) atoms. The summed E-state index contributed by atoms with van der Waals surface area (Å²) in [5.74, 6) is 0. The molecule has 0 aromatic carbocycles. The molecule has 1 atom stereocenters. The van der Waals surface area contributed by atoms with Crippen molar-refractivity contribution in [3.8, 4) is 0 Å². The highest BCUT2D eigenvalue weighted by molar-refractivity contribution is 14.1. The number of hydrogen-bond acceptors (Lipinski definition) is 3. The van der Waals surface area contributed by atoms with E-state index in [1.54, 1.807) is 7.11 Å². The van der Waals surface area contributed by atoms with E-state index < -0.39 is 0 Å². The van der Waals surface area contributed by atoms with Crippen LogP contribution in [0.25, 0.3) is 0 Å². The molecular formula is C10H18IN3O. The monoisotopic (exact) mass is 323 g/mol. The quantitative estimate of drug-likeness (QED) is 0.613. The van der Waals surface area contributed by atoms with Crippen molar-refractivity contribution in [2.45, 2.75) is 19.4 Å². The first-order valence-electron chi connectivity index (χ1n) is 5.17. The van der Waals surface area contributed by atoms with E-state index >= 15 is 0 Å². The van der Waals surface area contributed by atoms with Crippen LogP contribution < -0.4 is 5.32 Å². The standard InChI is InChI=1S/C10H18IN3O/c1-3-4-12-6-10(8-15-2)14-7-9(11)5-13-14/h5,7,10,12H,3-4,6,8H2,1-2H3. The molecule has 1 rings (SSSR count). The average molecular weight is 323 g/mol. The van der Waals surface area contributed by atoms with Gasteiger partial charge in [0.2, 0.25) is 0 Å². The predicted molar refractivity (Wildman–Crippen MR) is 69.0 cm³/mol. The highest BCUT2D eigenvalue weighted by Crippen LogP contribution is 2.08. The molecule has 0 bridgehead atoms. The average Bonchev–Trinajstić information content (AvgIpc) is 2.64. The van der Waals surface area contributed by atoms with E-state index in [1.165, 1.54) is 0 Å². The van der Waals surface area contributed by atoms with Gasteiger partial charge in [-0.3, -0.25) is 4.68 Å². The van der Waals surface area contributed by atoms with Crippen LogP contribution in [0.4, 0.5) is 0 Å². The van der Waals surface area contributed by atoms with Crippen LogP contribution in [-0.2, 0) is 4.74 Å². The van der Waals surface area contributed by atoms with Crippen LogP contribution >= 0.6 is 22.6 Å². The van der Waals surface area contributed by atoms with Crippen molar-refractivity contribution in [3.63, 3.8) is 0 Å². The van der Waals surface area contributed by atoms with Crippen molar-refractivity contribution >= 4 is 22.6 Å². The number of methoxy groups -OCH3 is 1. The lowest BCUT2D eigenvalue weighted by Gasteiger charge is -2.17. The van der Waals surface area contributed by atoms with Crippen LogP contribution in [0.2, 0.25) is 0 Å². The van der Waals surface area contributed by atoms with E-state index in [2.05, 4.69) is 39.9 Å². The minimum Gasteiger partial charge on any atom is -0.382 e. The largest absolute Gasteiger partial charge is 0.382 e. The Morgan fingerprint density at radius 1 is 1.67 bits per heavy atom. The molecule has 5 heteroatoms. The maximum absolute atomic E-state index is 5.20. The highest BCUT2D eigenvalue weighted by atomic mass is 127. The predicted octanol–water partition coefficient (Wildman–Crippen LogP) is 1.67. The van der Waals surface area contributed by atoms with Crippen molar-refractivity contribution in [2.24, 2.45) is 0 Å². The number of ether oxygens (including phenoxy) is 1. The van der Waals surface area contributed by atoms with Gasteiger partial charge in [-0.15, -0.1) is 0 Å². The normalized spacial score (nSPS) is 13.0. The molecule has 0 amide bonds. The number of hydrogen-bond donors (Lipinski definition) is 1. The molecule has 0 aliphatic rings. The number of halogens is 1.